The molecule has 0 saturated carbocycles. The first-order valence-electron chi connectivity index (χ1n) is 5.57. The van der Waals surface area contributed by atoms with Crippen molar-refractivity contribution in [1.82, 2.24) is 9.71 Å². The highest BCUT2D eigenvalue weighted by Gasteiger charge is 2.17. The van der Waals surface area contributed by atoms with Crippen LogP contribution >= 0.6 is 0 Å². The Bertz CT molecular complexity index is 510. The summed E-state index contributed by atoms with van der Waals surface area (Å²) in [6, 6.07) is 1.05. The molecular weight excluding hydrogens is 276 g/mol. The van der Waals surface area contributed by atoms with Crippen molar-refractivity contribution in [3.8, 4) is 0 Å². The number of nitrogens with one attached hydrogen (secondary N) is 2. The van der Waals surface area contributed by atoms with E-state index in [1.165, 1.54) is 0 Å². The highest BCUT2D eigenvalue weighted by Crippen LogP contribution is 2.10. The summed E-state index contributed by atoms with van der Waals surface area (Å²) in [7, 11) is -3.72. The summed E-state index contributed by atoms with van der Waals surface area (Å²) in [6.45, 7) is 0.636. The fourth-order valence-corrected chi connectivity index (χ4v) is 2.35. The summed E-state index contributed by atoms with van der Waals surface area (Å²) in [4.78, 5) is 12.9. The molecule has 1 rings (SSSR count). The summed E-state index contributed by atoms with van der Waals surface area (Å²) in [5, 5.41) is 17.1. The second-order valence-electron chi connectivity index (χ2n) is 3.64. The molecule has 0 saturated heterocycles. The maximum atomic E-state index is 11.8. The molecule has 1 heterocycles. The molecule has 0 aliphatic carbocycles. The number of aromatic amines is 1. The first-order valence-corrected chi connectivity index (χ1v) is 7.05. The van der Waals surface area contributed by atoms with E-state index < -0.39 is 16.0 Å². The molecule has 108 valence electrons. The Hall–Kier alpha value is -1.42. The number of aromatic nitrogens is 1. The number of aromatic carboxylic acids is 1. The monoisotopic (exact) mass is 292 g/mol. The fourth-order valence-electron chi connectivity index (χ4n) is 1.28. The van der Waals surface area contributed by atoms with Crippen molar-refractivity contribution in [2.75, 3.05) is 26.4 Å². The second kappa shape index (κ2) is 7.24. The van der Waals surface area contributed by atoms with Crippen LogP contribution in [0.4, 0.5) is 0 Å². The Morgan fingerprint density at radius 1 is 1.42 bits per heavy atom. The van der Waals surface area contributed by atoms with E-state index in [4.69, 9.17) is 14.9 Å². The summed E-state index contributed by atoms with van der Waals surface area (Å²) < 4.78 is 30.8. The van der Waals surface area contributed by atoms with Crippen LogP contribution in [-0.4, -0.2) is 55.9 Å². The number of rotatable bonds is 9. The number of sulfonamides is 1. The van der Waals surface area contributed by atoms with Gasteiger partial charge >= 0.3 is 5.97 Å². The Balaban J connectivity index is 2.44. The lowest BCUT2D eigenvalue weighted by Crippen LogP contribution is -2.25. The van der Waals surface area contributed by atoms with E-state index in [1.807, 2.05) is 0 Å². The summed E-state index contributed by atoms with van der Waals surface area (Å²) in [5.41, 5.74) is -0.188. The molecular formula is C10H16N2O6S. The van der Waals surface area contributed by atoms with Gasteiger partial charge < -0.3 is 19.9 Å². The molecule has 0 atom stereocenters. The fraction of sp³-hybridized carbons (Fsp3) is 0.500. The minimum atomic E-state index is -3.72. The van der Waals surface area contributed by atoms with Crippen molar-refractivity contribution in [2.24, 2.45) is 0 Å². The number of carbonyl (C=O) groups is 1. The van der Waals surface area contributed by atoms with Gasteiger partial charge in [0.2, 0.25) is 10.0 Å². The zero-order valence-electron chi connectivity index (χ0n) is 10.1. The van der Waals surface area contributed by atoms with Gasteiger partial charge in [0.25, 0.3) is 0 Å². The smallest absolute Gasteiger partial charge is 0.352 e. The SMILES string of the molecule is O=C(O)c1cc(S(=O)(=O)NCCCOCCO)c[nH]1. The zero-order valence-corrected chi connectivity index (χ0v) is 10.9. The average molecular weight is 292 g/mol. The third-order valence-corrected chi connectivity index (χ3v) is 3.63. The molecule has 0 radical (unpaired) electrons. The molecule has 0 spiro atoms. The Morgan fingerprint density at radius 3 is 2.74 bits per heavy atom. The number of hydrogen-bond acceptors (Lipinski definition) is 5. The third kappa shape index (κ3) is 4.99. The van der Waals surface area contributed by atoms with Crippen LogP contribution in [0.25, 0.3) is 0 Å². The normalized spacial score (nSPS) is 11.6. The van der Waals surface area contributed by atoms with Crippen molar-refractivity contribution < 1.29 is 28.2 Å². The van der Waals surface area contributed by atoms with Gasteiger partial charge in [-0.05, 0) is 12.5 Å². The molecule has 1 aromatic rings. The molecule has 8 nitrogen and oxygen atoms in total. The van der Waals surface area contributed by atoms with Crippen LogP contribution in [0.5, 0.6) is 0 Å². The number of aliphatic hydroxyl groups is 1. The van der Waals surface area contributed by atoms with Gasteiger partial charge in [-0.15, -0.1) is 0 Å². The molecule has 0 aromatic carbocycles. The van der Waals surface area contributed by atoms with E-state index in [-0.39, 0.29) is 30.3 Å². The van der Waals surface area contributed by atoms with Crippen LogP contribution in [0.3, 0.4) is 0 Å². The number of aliphatic hydroxyl groups excluding tert-OH is 1. The van der Waals surface area contributed by atoms with Crippen molar-refractivity contribution in [3.05, 3.63) is 18.0 Å². The van der Waals surface area contributed by atoms with Gasteiger partial charge in [-0.3, -0.25) is 0 Å². The molecule has 19 heavy (non-hydrogen) atoms. The molecule has 0 aliphatic heterocycles. The first-order chi connectivity index (χ1) is 8.97. The number of carboxylic acid groups (broad SMARTS) is 1. The van der Waals surface area contributed by atoms with Crippen LogP contribution in [0, 0.1) is 0 Å². The van der Waals surface area contributed by atoms with Gasteiger partial charge in [-0.2, -0.15) is 0 Å². The Kier molecular flexibility index (Phi) is 5.96. The molecule has 0 unspecified atom stereocenters. The van der Waals surface area contributed by atoms with Crippen molar-refractivity contribution >= 4 is 16.0 Å². The molecule has 4 N–H and O–H groups in total. The van der Waals surface area contributed by atoms with Gasteiger partial charge in [0.05, 0.1) is 13.2 Å². The maximum Gasteiger partial charge on any atom is 0.352 e. The van der Waals surface area contributed by atoms with E-state index in [1.54, 1.807) is 0 Å². The van der Waals surface area contributed by atoms with E-state index in [0.717, 1.165) is 12.3 Å². The molecule has 0 aliphatic rings. The van der Waals surface area contributed by atoms with Gasteiger partial charge in [0, 0.05) is 19.3 Å². The van der Waals surface area contributed by atoms with Crippen molar-refractivity contribution in [2.45, 2.75) is 11.3 Å². The predicted octanol–water partition coefficient (Wildman–Crippen LogP) is -0.610. The highest BCUT2D eigenvalue weighted by atomic mass is 32.2. The van der Waals surface area contributed by atoms with Crippen molar-refractivity contribution in [1.29, 1.82) is 0 Å². The largest absolute Gasteiger partial charge is 0.477 e. The molecule has 0 amide bonds. The van der Waals surface area contributed by atoms with Crippen molar-refractivity contribution in [3.63, 3.8) is 0 Å². The molecule has 0 fully saturated rings. The number of ether oxygens (including phenoxy) is 1. The number of hydrogen-bond donors (Lipinski definition) is 4. The second-order valence-corrected chi connectivity index (χ2v) is 5.41. The van der Waals surface area contributed by atoms with Crippen LogP contribution in [0.1, 0.15) is 16.9 Å². The topological polar surface area (TPSA) is 129 Å². The summed E-state index contributed by atoms with van der Waals surface area (Å²) in [5.74, 6) is -1.22. The van der Waals surface area contributed by atoms with Crippen LogP contribution in [0.2, 0.25) is 0 Å². The van der Waals surface area contributed by atoms with E-state index >= 15 is 0 Å². The Labute approximate surface area is 110 Å². The lowest BCUT2D eigenvalue weighted by molar-refractivity contribution is 0.0691. The van der Waals surface area contributed by atoms with Gasteiger partial charge in [-0.25, -0.2) is 17.9 Å². The minimum absolute atomic E-state index is 0.0763. The lowest BCUT2D eigenvalue weighted by atomic mass is 10.4. The number of carboxylic acids is 1. The maximum absolute atomic E-state index is 11.8. The Morgan fingerprint density at radius 2 is 2.16 bits per heavy atom. The quantitative estimate of drug-likeness (QED) is 0.449. The van der Waals surface area contributed by atoms with E-state index in [0.29, 0.717) is 13.0 Å². The lowest BCUT2D eigenvalue weighted by Gasteiger charge is -2.05. The minimum Gasteiger partial charge on any atom is -0.477 e. The third-order valence-electron chi connectivity index (χ3n) is 2.19. The highest BCUT2D eigenvalue weighted by molar-refractivity contribution is 7.89. The van der Waals surface area contributed by atoms with Crippen LogP contribution < -0.4 is 4.72 Å². The zero-order chi connectivity index (χ0) is 14.3. The van der Waals surface area contributed by atoms with E-state index in [2.05, 4.69) is 9.71 Å². The summed E-state index contributed by atoms with van der Waals surface area (Å²) in [6.07, 6.45) is 1.57. The number of H-pyrrole nitrogens is 1. The molecule has 1 aromatic heterocycles. The van der Waals surface area contributed by atoms with Gasteiger partial charge in [0.1, 0.15) is 10.6 Å². The first kappa shape index (κ1) is 15.6. The van der Waals surface area contributed by atoms with Gasteiger partial charge in [-0.1, -0.05) is 0 Å². The van der Waals surface area contributed by atoms with Gasteiger partial charge in [0.15, 0.2) is 0 Å². The predicted molar refractivity (Wildman–Crippen MR) is 65.5 cm³/mol. The molecule has 0 bridgehead atoms. The van der Waals surface area contributed by atoms with E-state index in [9.17, 15) is 13.2 Å². The standard InChI is InChI=1S/C10H16N2O6S/c13-3-5-18-4-1-2-12-19(16,17)8-6-9(10(14)15)11-7-8/h6-7,11-13H,1-5H2,(H,14,15). The van der Waals surface area contributed by atoms with Crippen LogP contribution in [-0.2, 0) is 14.8 Å². The average Bonchev–Trinajstić information content (AvgIpc) is 2.84. The van der Waals surface area contributed by atoms with Crippen LogP contribution in [0.15, 0.2) is 17.2 Å². The molecule has 9 heteroatoms. The summed E-state index contributed by atoms with van der Waals surface area (Å²) >= 11 is 0.